The lowest BCUT2D eigenvalue weighted by Gasteiger charge is -2.53. The number of hydrogen-bond acceptors (Lipinski definition) is 0. The van der Waals surface area contributed by atoms with E-state index in [1.54, 1.807) is 0 Å². The summed E-state index contributed by atoms with van der Waals surface area (Å²) in [5.74, 6) is 0. The largest absolute Gasteiger partial charge is 0.109 e. The highest BCUT2D eigenvalue weighted by Gasteiger charge is 2.51. The van der Waals surface area contributed by atoms with Crippen LogP contribution in [0.25, 0.3) is 0 Å². The summed E-state index contributed by atoms with van der Waals surface area (Å²) >= 11 is 0. The smallest absolute Gasteiger partial charge is 0.000281 e. The van der Waals surface area contributed by atoms with Gasteiger partial charge in [-0.3, -0.25) is 0 Å². The lowest BCUT2D eigenvalue weighted by atomic mass is 28.5. The van der Waals surface area contributed by atoms with E-state index in [-0.39, 0.29) is 105 Å². The predicted octanol–water partition coefficient (Wildman–Crippen LogP) is 19.1. The van der Waals surface area contributed by atoms with Gasteiger partial charge < -0.3 is 0 Å². The van der Waals surface area contributed by atoms with E-state index < -0.39 is 0 Å². The molecule has 0 aromatic heterocycles. The van der Waals surface area contributed by atoms with E-state index >= 15 is 0 Å². The van der Waals surface area contributed by atoms with Gasteiger partial charge in [-0.1, -0.05) is 7.96 Å². The minimum absolute atomic E-state index is 0.0163. The van der Waals surface area contributed by atoms with Crippen LogP contribution in [0.5, 0.6) is 0 Å². The van der Waals surface area contributed by atoms with Crippen molar-refractivity contribution in [1.29, 1.82) is 0 Å². The van der Waals surface area contributed by atoms with E-state index in [0.717, 1.165) is 7.96 Å². The van der Waals surface area contributed by atoms with Crippen molar-refractivity contribution < 1.29 is 0 Å². The van der Waals surface area contributed by atoms with Gasteiger partial charge in [0.25, 0.3) is 0 Å². The van der Waals surface area contributed by atoms with Crippen molar-refractivity contribution in [2.75, 3.05) is 0 Å². The molecule has 21 atom stereocenters. The maximum Gasteiger partial charge on any atom is -0.000281 e. The second-order valence-corrected chi connectivity index (χ2v) is 137. The van der Waals surface area contributed by atoms with Crippen LogP contribution in [-0.4, -0.2) is 0 Å². The Hall–Kier alpha value is 14.2. The van der Waals surface area contributed by atoms with Gasteiger partial charge in [0.05, 0.1) is 0 Å². The minimum Gasteiger partial charge on any atom is -0.109 e. The normalized spacial score (nSPS) is 17.0. The maximum absolute atomic E-state index is 3.38. The SMILES string of the molecule is PPP(P(P)P)P(P(P)P)P(P(P(P)P)P(P)P)P(P(P(P)P)P(P)P)P(P(P)P)P(P)P. The molecule has 0 aliphatic heterocycles. The van der Waals surface area contributed by atoms with Crippen molar-refractivity contribution >= 4 is 265 Å². The minimum atomic E-state index is -0.0744. The third-order valence-electron chi connectivity index (χ3n) is 2.75. The van der Waals surface area contributed by atoms with Crippen LogP contribution < -0.4 is 0 Å². The zero-order valence-corrected chi connectivity index (χ0v) is 51.1. The molecule has 0 fully saturated rings. The molecule has 0 spiro atoms. The molecule has 0 saturated heterocycles. The molecule has 0 aromatic rings. The van der Waals surface area contributed by atoms with Gasteiger partial charge in [-0.15, -0.1) is 152 Å². The van der Waals surface area contributed by atoms with E-state index in [1.807, 2.05) is 0 Å². The first-order valence-electron chi connectivity index (χ1n) is 7.44. The first-order chi connectivity index (χ1) is 15.0. The molecule has 33 heavy (non-hydrogen) atoms. The van der Waals surface area contributed by atoms with E-state index in [2.05, 4.69) is 152 Å². The molecule has 0 radical (unpaired) electrons. The van der Waals surface area contributed by atoms with Gasteiger partial charge in [0.2, 0.25) is 0 Å². The summed E-state index contributed by atoms with van der Waals surface area (Å²) < 4.78 is 0. The van der Waals surface area contributed by atoms with Crippen molar-refractivity contribution in [3.05, 3.63) is 0 Å². The molecule has 21 unspecified atom stereocenters. The summed E-state index contributed by atoms with van der Waals surface area (Å²) in [5, 5.41) is 0. The van der Waals surface area contributed by atoms with Crippen molar-refractivity contribution in [2.45, 2.75) is 0 Å². The molecule has 0 rings (SSSR count). The Morgan fingerprint density at radius 1 is 0.273 bits per heavy atom. The Balaban J connectivity index is 7.45. The van der Waals surface area contributed by atoms with Gasteiger partial charge in [-0.05, 0) is 105 Å². The van der Waals surface area contributed by atoms with Crippen LogP contribution in [0.4, 0.5) is 0 Å². The molecular weight excluding hydrogens is 1020 g/mol. The van der Waals surface area contributed by atoms with Crippen LogP contribution in [0.3, 0.4) is 0 Å². The lowest BCUT2D eigenvalue weighted by Crippen LogP contribution is -1.65. The van der Waals surface area contributed by atoms with E-state index in [0.29, 0.717) is 0 Å². The average molecular weight is 1060 g/mol. The van der Waals surface area contributed by atoms with Crippen LogP contribution in [-0.2, 0) is 0 Å². The predicted molar refractivity (Wildman–Crippen MR) is 277 cm³/mol. The molecule has 0 N–H and O–H groups in total. The summed E-state index contributed by atoms with van der Waals surface area (Å²) in [6, 6.07) is 0. The molecule has 0 aliphatic carbocycles. The molecule has 0 bridgehead atoms. The quantitative estimate of drug-likeness (QED) is 0.143. The molecule has 0 amide bonds. The highest BCUT2D eigenvalue weighted by molar-refractivity contribution is 9.45. The summed E-state index contributed by atoms with van der Waals surface area (Å²) in [6.45, 7) is -0.323. The van der Waals surface area contributed by atoms with Gasteiger partial charge in [-0.2, -0.15) is 0 Å². The average Bonchev–Trinajstić information content (AvgIpc) is 2.61. The molecule has 0 saturated carbocycles. The van der Waals surface area contributed by atoms with Gasteiger partial charge in [0, 0.05) is 0 Å². The Morgan fingerprint density at radius 3 is 0.636 bits per heavy atom. The Labute approximate surface area is 261 Å². The Bertz CT molecular complexity index is 448. The van der Waals surface area contributed by atoms with E-state index in [4.69, 9.17) is 0 Å². The van der Waals surface area contributed by atoms with Crippen LogP contribution in [0, 0.1) is 0 Å². The molecule has 0 aliphatic rings. The van der Waals surface area contributed by atoms with Crippen molar-refractivity contribution in [3.63, 3.8) is 0 Å². The molecular formula is H35P33. The summed E-state index contributed by atoms with van der Waals surface area (Å²) in [7, 11) is 57.5. The zero-order valence-electron chi connectivity index (χ0n) is 17.0. The lowest BCUT2D eigenvalue weighted by molar-refractivity contribution is 4.41. The number of rotatable bonds is 15. The molecule has 200 valence electrons. The van der Waals surface area contributed by atoms with Crippen LogP contribution in [0.2, 0.25) is 0 Å². The second-order valence-electron chi connectivity index (χ2n) is 5.07. The van der Waals surface area contributed by atoms with Crippen molar-refractivity contribution in [2.24, 2.45) is 0 Å². The maximum atomic E-state index is 3.38. The molecule has 0 aromatic carbocycles. The van der Waals surface area contributed by atoms with Crippen LogP contribution in [0.15, 0.2) is 0 Å². The second kappa shape index (κ2) is 26.0. The van der Waals surface area contributed by atoms with Gasteiger partial charge >= 0.3 is 0 Å². The summed E-state index contributed by atoms with van der Waals surface area (Å²) in [6.07, 6.45) is 0. The van der Waals surface area contributed by atoms with Crippen LogP contribution >= 0.6 is 265 Å². The fourth-order valence-electron chi connectivity index (χ4n) is 1.82. The molecule has 0 nitrogen and oxygen atoms in total. The third kappa shape index (κ3) is 17.3. The Kier molecular flexibility index (Phi) is 37.2. The van der Waals surface area contributed by atoms with Crippen molar-refractivity contribution in [3.8, 4) is 0 Å². The van der Waals surface area contributed by atoms with Crippen LogP contribution in [0.1, 0.15) is 0 Å². The van der Waals surface area contributed by atoms with E-state index in [9.17, 15) is 0 Å². The van der Waals surface area contributed by atoms with Gasteiger partial charge in [0.1, 0.15) is 0 Å². The summed E-state index contributed by atoms with van der Waals surface area (Å²) in [5.41, 5.74) is 0. The van der Waals surface area contributed by atoms with Gasteiger partial charge in [-0.25, -0.2) is 0 Å². The standard InChI is InChI=1S/H35P33/c1-18-27(19(2)3)31(26(16)17)33(30(24(12)13)25(14)15)32(28(20(4)5)21(6)7)29(22(8)9)23(10)11/h18H,1-17H2. The summed E-state index contributed by atoms with van der Waals surface area (Å²) in [4.78, 5) is 0. The first kappa shape index (κ1) is 47.2. The molecule has 33 heteroatoms. The third-order valence-corrected chi connectivity index (χ3v) is 223. The van der Waals surface area contributed by atoms with Crippen molar-refractivity contribution in [1.82, 2.24) is 0 Å². The highest BCUT2D eigenvalue weighted by atomic mass is 33.5. The fraction of sp³-hybridized carbons (Fsp3) is 0. The van der Waals surface area contributed by atoms with Gasteiger partial charge in [0.15, 0.2) is 0 Å². The number of hydrogen-bond donors (Lipinski definition) is 0. The topological polar surface area (TPSA) is 0 Å². The van der Waals surface area contributed by atoms with E-state index in [1.165, 1.54) is 0 Å². The first-order valence-corrected chi connectivity index (χ1v) is 67.0. The monoisotopic (exact) mass is 1060 g/mol. The molecule has 0 heterocycles. The zero-order chi connectivity index (χ0) is 26.4. The fourth-order valence-corrected chi connectivity index (χ4v) is 442. The highest BCUT2D eigenvalue weighted by Crippen LogP contribution is 3.39. The Morgan fingerprint density at radius 2 is 0.485 bits per heavy atom.